The summed E-state index contributed by atoms with van der Waals surface area (Å²) in [5.74, 6) is -4.58. The van der Waals surface area contributed by atoms with Crippen molar-refractivity contribution in [2.75, 3.05) is 41.4 Å². The highest BCUT2D eigenvalue weighted by Crippen LogP contribution is 2.46. The summed E-state index contributed by atoms with van der Waals surface area (Å²) in [6.45, 7) is 16.0. The molecule has 1 spiro atoms. The maximum absolute atomic E-state index is 14.4. The Morgan fingerprint density at radius 1 is 1.00 bits per heavy atom. The minimum atomic E-state index is -1.83. The van der Waals surface area contributed by atoms with Gasteiger partial charge < -0.3 is 68.5 Å². The quantitative estimate of drug-likeness (QED) is 0.252. The van der Waals surface area contributed by atoms with Crippen molar-refractivity contribution in [3.05, 3.63) is 0 Å². The summed E-state index contributed by atoms with van der Waals surface area (Å²) in [6, 6.07) is -0.840. The lowest BCUT2D eigenvalue weighted by Crippen LogP contribution is -2.67. The molecule has 0 unspecified atom stereocenters. The van der Waals surface area contributed by atoms with Gasteiger partial charge in [-0.05, 0) is 87.9 Å². The van der Waals surface area contributed by atoms with Crippen LogP contribution in [0.3, 0.4) is 0 Å². The number of nitrogens with zero attached hydrogens (tertiary/aromatic N) is 2. The fourth-order valence-corrected chi connectivity index (χ4v) is 9.19. The lowest BCUT2D eigenvalue weighted by Gasteiger charge is -2.54. The molecule has 4 aliphatic rings. The molecule has 4 saturated heterocycles. The fourth-order valence-electron chi connectivity index (χ4n) is 9.19. The van der Waals surface area contributed by atoms with Gasteiger partial charge in [-0.15, -0.1) is 0 Å². The summed E-state index contributed by atoms with van der Waals surface area (Å²) in [7, 11) is 7.07. The van der Waals surface area contributed by atoms with E-state index in [0.29, 0.717) is 13.0 Å². The molecule has 4 aliphatic heterocycles. The molecule has 0 bridgehead atoms. The summed E-state index contributed by atoms with van der Waals surface area (Å²) in [5.41, 5.74) is -4.56. The standard InChI is InChI=1S/C38H70N2O13/c1-14-27-37(9,46)30(42)23(5)40(12)17-20(2)16-35(7,45)32(51-34-28(41)26(39(10)11)15-21(3)49-34)22(4)29-25(33(44)50-27)18-48-38(53-29)19-36(8,47-13)31(43)24(6)52-38/h20-32,34,41-43,45-46H,14-19H2,1-13H3/t20-,21-,22+,23-,24+,25-,26+,27-,28-,29+,30-,31+,32-,34+,35-,36-,37-,38-/m1/s1. The molecule has 4 rings (SSSR count). The minimum absolute atomic E-state index is 0.0544. The van der Waals surface area contributed by atoms with Crippen LogP contribution in [0.5, 0.6) is 0 Å². The number of carbonyl (C=O) groups is 1. The fraction of sp³-hybridized carbons (Fsp3) is 0.974. The predicted molar refractivity (Wildman–Crippen MR) is 193 cm³/mol. The van der Waals surface area contributed by atoms with Crippen molar-refractivity contribution in [2.45, 2.75) is 178 Å². The zero-order valence-electron chi connectivity index (χ0n) is 34.2. The van der Waals surface area contributed by atoms with Gasteiger partial charge >= 0.3 is 5.97 Å². The van der Waals surface area contributed by atoms with Crippen LogP contribution in [-0.2, 0) is 38.0 Å². The minimum Gasteiger partial charge on any atom is -0.459 e. The molecule has 0 radical (unpaired) electrons. The van der Waals surface area contributed by atoms with Crippen molar-refractivity contribution >= 4 is 5.97 Å². The molecule has 18 atom stereocenters. The van der Waals surface area contributed by atoms with E-state index in [2.05, 4.69) is 0 Å². The predicted octanol–water partition coefficient (Wildman–Crippen LogP) is 1.24. The van der Waals surface area contributed by atoms with Crippen molar-refractivity contribution < 1.29 is 63.5 Å². The molecule has 0 aromatic carbocycles. The van der Waals surface area contributed by atoms with Gasteiger partial charge in [0.25, 0.3) is 5.97 Å². The highest BCUT2D eigenvalue weighted by atomic mass is 16.9. The molecule has 0 aromatic heterocycles. The van der Waals surface area contributed by atoms with E-state index in [1.165, 1.54) is 14.0 Å². The van der Waals surface area contributed by atoms with Gasteiger partial charge in [-0.1, -0.05) is 20.8 Å². The zero-order valence-corrected chi connectivity index (χ0v) is 34.2. The van der Waals surface area contributed by atoms with Crippen molar-refractivity contribution in [1.29, 1.82) is 0 Å². The second-order valence-electron chi connectivity index (χ2n) is 17.5. The molecule has 53 heavy (non-hydrogen) atoms. The first-order valence-corrected chi connectivity index (χ1v) is 19.3. The summed E-state index contributed by atoms with van der Waals surface area (Å²) in [6.07, 6.45) is -7.91. The second kappa shape index (κ2) is 16.8. The van der Waals surface area contributed by atoms with E-state index < -0.39 is 95.6 Å². The average Bonchev–Trinajstić information content (AvgIpc) is 3.07. The van der Waals surface area contributed by atoms with Gasteiger partial charge in [-0.3, -0.25) is 4.79 Å². The van der Waals surface area contributed by atoms with Crippen LogP contribution in [0.15, 0.2) is 0 Å². The van der Waals surface area contributed by atoms with Crippen LogP contribution in [0, 0.1) is 17.8 Å². The molecular formula is C38H70N2O13. The maximum Gasteiger partial charge on any atom is 0.314 e. The molecule has 0 amide bonds. The second-order valence-corrected chi connectivity index (χ2v) is 17.5. The van der Waals surface area contributed by atoms with Crippen LogP contribution in [-0.4, -0.2) is 173 Å². The van der Waals surface area contributed by atoms with Gasteiger partial charge in [-0.2, -0.15) is 0 Å². The van der Waals surface area contributed by atoms with E-state index in [1.54, 1.807) is 41.5 Å². The molecule has 0 saturated carbocycles. The molecule has 5 N–H and O–H groups in total. The van der Waals surface area contributed by atoms with E-state index in [-0.39, 0.29) is 43.9 Å². The summed E-state index contributed by atoms with van der Waals surface area (Å²) < 4.78 is 44.1. The SMILES string of the molecule is CC[C@H]1OC(=O)[C@@H]2CO[C@@]3(C[C@@](C)(OC)[C@@H](O)[C@H](C)O3)O[C@H]2[C@H](C)[C@@H](O[C@@H]2O[C@H](C)C[C@H](N(C)C)[C@H]2O)[C@](C)(O)C[C@@H](C)CN(C)[C@H](C)[C@@H](O)[C@]1(C)O. The van der Waals surface area contributed by atoms with Crippen molar-refractivity contribution in [2.24, 2.45) is 17.8 Å². The third-order valence-electron chi connectivity index (χ3n) is 12.5. The number of aliphatic hydroxyl groups excluding tert-OH is 3. The molecular weight excluding hydrogens is 692 g/mol. The van der Waals surface area contributed by atoms with E-state index in [9.17, 15) is 30.3 Å². The van der Waals surface area contributed by atoms with E-state index >= 15 is 0 Å². The van der Waals surface area contributed by atoms with Crippen LogP contribution in [0.25, 0.3) is 0 Å². The Hall–Kier alpha value is -1.05. The van der Waals surface area contributed by atoms with Gasteiger partial charge in [0, 0.05) is 31.7 Å². The van der Waals surface area contributed by atoms with E-state index in [4.69, 9.17) is 33.2 Å². The number of hydrogen-bond acceptors (Lipinski definition) is 15. The Morgan fingerprint density at radius 2 is 1.64 bits per heavy atom. The maximum atomic E-state index is 14.4. The number of ether oxygens (including phenoxy) is 7. The molecule has 310 valence electrons. The van der Waals surface area contributed by atoms with Crippen molar-refractivity contribution in [1.82, 2.24) is 9.80 Å². The van der Waals surface area contributed by atoms with E-state index in [1.807, 2.05) is 44.8 Å². The largest absolute Gasteiger partial charge is 0.459 e. The molecule has 0 aliphatic carbocycles. The Labute approximate surface area is 316 Å². The first-order chi connectivity index (χ1) is 24.4. The van der Waals surface area contributed by atoms with Crippen molar-refractivity contribution in [3.63, 3.8) is 0 Å². The first-order valence-electron chi connectivity index (χ1n) is 19.3. The lowest BCUT2D eigenvalue weighted by molar-refractivity contribution is -0.474. The van der Waals surface area contributed by atoms with Crippen LogP contribution in [0.4, 0.5) is 0 Å². The Kier molecular flexibility index (Phi) is 14.2. The number of cyclic esters (lactones) is 1. The highest BCUT2D eigenvalue weighted by Gasteiger charge is 2.61. The third-order valence-corrected chi connectivity index (χ3v) is 12.5. The number of methoxy groups -OCH3 is 1. The van der Waals surface area contributed by atoms with Crippen LogP contribution >= 0.6 is 0 Å². The Balaban J connectivity index is 1.85. The first kappa shape index (κ1) is 44.7. The smallest absolute Gasteiger partial charge is 0.314 e. The third kappa shape index (κ3) is 9.24. The molecule has 15 heteroatoms. The number of carbonyl (C=O) groups excluding carboxylic acids is 1. The van der Waals surface area contributed by atoms with Crippen LogP contribution in [0.2, 0.25) is 0 Å². The number of aliphatic hydroxyl groups is 5. The van der Waals surface area contributed by atoms with Gasteiger partial charge in [0.15, 0.2) is 6.29 Å². The highest BCUT2D eigenvalue weighted by molar-refractivity contribution is 5.74. The zero-order chi connectivity index (χ0) is 40.0. The average molecular weight is 763 g/mol. The summed E-state index contributed by atoms with van der Waals surface area (Å²) in [5, 5.41) is 58.4. The van der Waals surface area contributed by atoms with Gasteiger partial charge in [0.05, 0.1) is 43.0 Å². The summed E-state index contributed by atoms with van der Waals surface area (Å²) >= 11 is 0. The lowest BCUT2D eigenvalue weighted by atomic mass is 9.77. The Bertz CT molecular complexity index is 1220. The number of esters is 1. The normalized spacial score (nSPS) is 51.3. The summed E-state index contributed by atoms with van der Waals surface area (Å²) in [4.78, 5) is 18.2. The molecule has 4 heterocycles. The monoisotopic (exact) mass is 762 g/mol. The number of hydrogen-bond donors (Lipinski definition) is 5. The molecule has 4 fully saturated rings. The number of likely N-dealkylation sites (N-methyl/N-ethyl adjacent to an activating group) is 2. The van der Waals surface area contributed by atoms with Gasteiger partial charge in [0.1, 0.15) is 41.5 Å². The number of fused-ring (bicyclic) bond motifs is 1. The van der Waals surface area contributed by atoms with Crippen LogP contribution < -0.4 is 0 Å². The molecule has 15 nitrogen and oxygen atoms in total. The van der Waals surface area contributed by atoms with E-state index in [0.717, 1.165) is 0 Å². The topological polar surface area (TPSA) is 189 Å². The number of rotatable bonds is 5. The van der Waals surface area contributed by atoms with Gasteiger partial charge in [0.2, 0.25) is 0 Å². The Morgan fingerprint density at radius 3 is 2.23 bits per heavy atom. The van der Waals surface area contributed by atoms with Gasteiger partial charge in [-0.25, -0.2) is 0 Å². The van der Waals surface area contributed by atoms with Crippen LogP contribution in [0.1, 0.15) is 88.0 Å². The molecule has 0 aromatic rings. The van der Waals surface area contributed by atoms with Crippen molar-refractivity contribution in [3.8, 4) is 0 Å².